The largest absolute Gasteiger partial charge is 0.451 e. The first-order valence-electron chi connectivity index (χ1n) is 8.02. The molecule has 0 saturated carbocycles. The third-order valence-electron chi connectivity index (χ3n) is 3.50. The van der Waals surface area contributed by atoms with Crippen molar-refractivity contribution in [2.24, 2.45) is 0 Å². The van der Waals surface area contributed by atoms with Gasteiger partial charge in [0.2, 0.25) is 0 Å². The number of nitrogens with one attached hydrogen (secondary N) is 2. The Balaban J connectivity index is 2.26. The van der Waals surface area contributed by atoms with Crippen LogP contribution < -0.4 is 15.5 Å². The van der Waals surface area contributed by atoms with Gasteiger partial charge in [0.25, 0.3) is 5.91 Å². The van der Waals surface area contributed by atoms with Crippen molar-refractivity contribution in [1.29, 1.82) is 0 Å². The van der Waals surface area contributed by atoms with Crippen molar-refractivity contribution >= 4 is 16.9 Å². The highest BCUT2D eigenvalue weighted by atomic mass is 32.2. The smallest absolute Gasteiger partial charge is 0.258 e. The van der Waals surface area contributed by atoms with Crippen LogP contribution in [0.1, 0.15) is 0 Å². The van der Waals surface area contributed by atoms with E-state index in [-0.39, 0.29) is 17.2 Å². The molecule has 1 unspecified atom stereocenters. The number of hydroxylamine groups is 1. The van der Waals surface area contributed by atoms with Crippen molar-refractivity contribution in [1.82, 2.24) is 15.1 Å². The van der Waals surface area contributed by atoms with Crippen LogP contribution in [0.25, 0.3) is 0 Å². The van der Waals surface area contributed by atoms with E-state index < -0.39 is 46.6 Å². The molecule has 0 aromatic heterocycles. The number of amides is 1. The molecule has 0 aliphatic carbocycles. The van der Waals surface area contributed by atoms with Gasteiger partial charge in [0, 0.05) is 13.1 Å². The summed E-state index contributed by atoms with van der Waals surface area (Å²) < 4.78 is 60.5. The molecule has 11 heteroatoms. The molecule has 7 nitrogen and oxygen atoms in total. The maximum atomic E-state index is 14.4. The summed E-state index contributed by atoms with van der Waals surface area (Å²) in [4.78, 5) is 11.2. The van der Waals surface area contributed by atoms with Gasteiger partial charge in [-0.25, -0.2) is 27.2 Å². The molecule has 1 amide bonds. The highest BCUT2D eigenvalue weighted by Crippen LogP contribution is 2.30. The van der Waals surface area contributed by atoms with Gasteiger partial charge in [0.1, 0.15) is 22.6 Å². The number of ether oxygens (including phenoxy) is 1. The predicted molar refractivity (Wildman–Crippen MR) is 94.7 cm³/mol. The summed E-state index contributed by atoms with van der Waals surface area (Å²) in [7, 11) is -0.454. The fourth-order valence-electron chi connectivity index (χ4n) is 2.16. The number of halogens is 3. The molecule has 0 spiro atoms. The zero-order valence-corrected chi connectivity index (χ0v) is 15.6. The Labute approximate surface area is 161 Å². The monoisotopic (exact) mass is 417 g/mol. The van der Waals surface area contributed by atoms with Crippen molar-refractivity contribution in [3.8, 4) is 11.5 Å². The SMILES string of the molecule is CNCCN(CC(=O)NO)S(=O)c1cc(F)c(Oc2ccc(F)cc2)c(F)c1. The molecule has 0 heterocycles. The summed E-state index contributed by atoms with van der Waals surface area (Å²) >= 11 is 0. The summed E-state index contributed by atoms with van der Waals surface area (Å²) in [6.07, 6.45) is 0. The molecular formula is C17H18F3N3O4S. The second kappa shape index (κ2) is 10.2. The van der Waals surface area contributed by atoms with Crippen molar-refractivity contribution in [3.05, 3.63) is 53.8 Å². The second-order valence-corrected chi connectivity index (χ2v) is 7.01. The molecule has 28 heavy (non-hydrogen) atoms. The molecule has 2 aromatic rings. The molecule has 2 aromatic carbocycles. The Morgan fingerprint density at radius 3 is 2.32 bits per heavy atom. The molecule has 0 saturated heterocycles. The fraction of sp³-hybridized carbons (Fsp3) is 0.235. The molecule has 0 bridgehead atoms. The molecule has 152 valence electrons. The van der Waals surface area contributed by atoms with Gasteiger partial charge in [-0.15, -0.1) is 0 Å². The lowest BCUT2D eigenvalue weighted by Crippen LogP contribution is -2.40. The Hall–Kier alpha value is -2.47. The topological polar surface area (TPSA) is 90.9 Å². The second-order valence-electron chi connectivity index (χ2n) is 5.52. The standard InChI is InChI=1S/C17H18F3N3O4S/c1-21-6-7-23(10-16(24)22-25)28(26)13-8-14(19)17(15(20)9-13)27-12-4-2-11(18)3-5-12/h2-5,8-9,21,25H,6-7,10H2,1H3,(H,22,24). The normalized spacial score (nSPS) is 12.1. The number of hydrogen-bond acceptors (Lipinski definition) is 5. The van der Waals surface area contributed by atoms with Crippen LogP contribution >= 0.6 is 0 Å². The molecule has 0 aliphatic rings. The summed E-state index contributed by atoms with van der Waals surface area (Å²) in [5, 5.41) is 11.4. The fourth-order valence-corrected chi connectivity index (χ4v) is 3.36. The first-order valence-corrected chi connectivity index (χ1v) is 9.13. The van der Waals surface area contributed by atoms with Gasteiger partial charge in [-0.05, 0) is 43.4 Å². The van der Waals surface area contributed by atoms with E-state index in [9.17, 15) is 22.2 Å². The average molecular weight is 417 g/mol. The number of carbonyl (C=O) groups is 1. The number of carbonyl (C=O) groups excluding carboxylic acids is 1. The quantitative estimate of drug-likeness (QED) is 0.429. The van der Waals surface area contributed by atoms with E-state index in [0.717, 1.165) is 28.6 Å². The Morgan fingerprint density at radius 2 is 1.79 bits per heavy atom. The maximum absolute atomic E-state index is 14.4. The number of rotatable bonds is 9. The Kier molecular flexibility index (Phi) is 7.93. The van der Waals surface area contributed by atoms with Gasteiger partial charge in [-0.3, -0.25) is 10.0 Å². The zero-order chi connectivity index (χ0) is 20.7. The van der Waals surface area contributed by atoms with Crippen LogP contribution in [0.2, 0.25) is 0 Å². The molecule has 0 aliphatic heterocycles. The van der Waals surface area contributed by atoms with Crippen molar-refractivity contribution in [3.63, 3.8) is 0 Å². The first-order chi connectivity index (χ1) is 13.3. The van der Waals surface area contributed by atoms with Crippen molar-refractivity contribution in [2.45, 2.75) is 4.90 Å². The van der Waals surface area contributed by atoms with Gasteiger partial charge < -0.3 is 10.1 Å². The minimum atomic E-state index is -2.09. The number of benzene rings is 2. The first kappa shape index (κ1) is 21.8. The van der Waals surface area contributed by atoms with E-state index in [2.05, 4.69) is 5.32 Å². The summed E-state index contributed by atoms with van der Waals surface area (Å²) in [6.45, 7) is -0.0172. The van der Waals surface area contributed by atoms with Gasteiger partial charge in [0.15, 0.2) is 17.4 Å². The molecule has 0 radical (unpaired) electrons. The number of hydrogen-bond donors (Lipinski definition) is 3. The lowest BCUT2D eigenvalue weighted by molar-refractivity contribution is -0.129. The van der Waals surface area contributed by atoms with Gasteiger partial charge in [-0.2, -0.15) is 0 Å². The highest BCUT2D eigenvalue weighted by Gasteiger charge is 2.22. The van der Waals surface area contributed by atoms with Crippen LogP contribution in [0.15, 0.2) is 41.3 Å². The van der Waals surface area contributed by atoms with Crippen LogP contribution in [0.5, 0.6) is 11.5 Å². The molecule has 3 N–H and O–H groups in total. The Bertz CT molecular complexity index is 829. The predicted octanol–water partition coefficient (Wildman–Crippen LogP) is 1.95. The van der Waals surface area contributed by atoms with E-state index in [1.165, 1.54) is 17.6 Å². The van der Waals surface area contributed by atoms with Crippen LogP contribution in [0.4, 0.5) is 13.2 Å². The van der Waals surface area contributed by atoms with Crippen LogP contribution in [0.3, 0.4) is 0 Å². The minimum Gasteiger partial charge on any atom is -0.451 e. The zero-order valence-electron chi connectivity index (χ0n) is 14.7. The minimum absolute atomic E-state index is 0.0170. The van der Waals surface area contributed by atoms with Gasteiger partial charge in [0.05, 0.1) is 11.4 Å². The summed E-state index contributed by atoms with van der Waals surface area (Å²) in [6, 6.07) is 6.18. The molecular weight excluding hydrogens is 399 g/mol. The van der Waals surface area contributed by atoms with Crippen molar-refractivity contribution < 1.29 is 32.1 Å². The van der Waals surface area contributed by atoms with Gasteiger partial charge >= 0.3 is 0 Å². The van der Waals surface area contributed by atoms with E-state index in [1.54, 1.807) is 7.05 Å². The Morgan fingerprint density at radius 1 is 1.18 bits per heavy atom. The van der Waals surface area contributed by atoms with E-state index in [4.69, 9.17) is 9.94 Å². The van der Waals surface area contributed by atoms with E-state index in [1.807, 2.05) is 0 Å². The van der Waals surface area contributed by atoms with Crippen LogP contribution in [0, 0.1) is 17.5 Å². The third kappa shape index (κ3) is 5.76. The molecule has 2 rings (SSSR count). The van der Waals surface area contributed by atoms with E-state index in [0.29, 0.717) is 6.54 Å². The van der Waals surface area contributed by atoms with Crippen LogP contribution in [-0.2, 0) is 15.8 Å². The molecule has 1 atom stereocenters. The van der Waals surface area contributed by atoms with Gasteiger partial charge in [-0.1, -0.05) is 0 Å². The summed E-state index contributed by atoms with van der Waals surface area (Å²) in [5.74, 6) is -4.32. The lowest BCUT2D eigenvalue weighted by Gasteiger charge is -2.20. The molecule has 0 fully saturated rings. The lowest BCUT2D eigenvalue weighted by atomic mass is 10.3. The van der Waals surface area contributed by atoms with Crippen molar-refractivity contribution in [2.75, 3.05) is 26.7 Å². The number of nitrogens with zero attached hydrogens (tertiary/aromatic N) is 1. The highest BCUT2D eigenvalue weighted by molar-refractivity contribution is 7.82. The summed E-state index contributed by atoms with van der Waals surface area (Å²) in [5.41, 5.74) is 1.41. The van der Waals surface area contributed by atoms with Crippen LogP contribution in [-0.4, -0.2) is 46.3 Å². The van der Waals surface area contributed by atoms with E-state index >= 15 is 0 Å². The maximum Gasteiger partial charge on any atom is 0.258 e. The number of likely N-dealkylation sites (N-methyl/N-ethyl adjacent to an activating group) is 1. The average Bonchev–Trinajstić information content (AvgIpc) is 2.68. The third-order valence-corrected chi connectivity index (χ3v) is 4.92.